The average molecular weight is 160 g/mol. The summed E-state index contributed by atoms with van der Waals surface area (Å²) in [4.78, 5) is 10.4. The average Bonchev–Trinajstić information content (AvgIpc) is 1.85. The molecule has 66 valence electrons. The maximum Gasteiger partial charge on any atom is 0.338 e. The molecule has 0 heterocycles. The van der Waals surface area contributed by atoms with E-state index in [9.17, 15) is 4.79 Å². The third kappa shape index (κ3) is 7.12. The molecule has 0 rings (SSSR count). The number of hydroxylamine groups is 1. The predicted octanol–water partition coefficient (Wildman–Crippen LogP) is 1.11. The summed E-state index contributed by atoms with van der Waals surface area (Å²) in [6, 6.07) is -0.547. The number of carbonyl (C=O) groups excluding carboxylic acids is 1. The molecule has 0 saturated carbocycles. The first-order chi connectivity index (χ1) is 4.95. The Kier molecular flexibility index (Phi) is 3.89. The molecule has 11 heavy (non-hydrogen) atoms. The van der Waals surface area contributed by atoms with Crippen molar-refractivity contribution in [3.05, 3.63) is 0 Å². The number of amides is 2. The number of rotatable bonds is 2. The lowest BCUT2D eigenvalue weighted by molar-refractivity contribution is 0.161. The molecule has 0 unspecified atom stereocenters. The Morgan fingerprint density at radius 2 is 2.00 bits per heavy atom. The second kappa shape index (κ2) is 4.18. The molecule has 4 nitrogen and oxygen atoms in total. The van der Waals surface area contributed by atoms with Gasteiger partial charge in [0.05, 0.1) is 0 Å². The molecule has 0 saturated heterocycles. The summed E-state index contributed by atoms with van der Waals surface area (Å²) in [5.74, 6) is 0. The standard InChI is InChI=1S/C7H16N2O2/c1-7(2,3)4-5-8-6(10)9-11/h11H,4-5H2,1-3H3,(H2,8,9,10). The van der Waals surface area contributed by atoms with Gasteiger partial charge in [0.25, 0.3) is 0 Å². The maximum absolute atomic E-state index is 10.4. The number of hydrogen-bond acceptors (Lipinski definition) is 2. The smallest absolute Gasteiger partial charge is 0.336 e. The third-order valence-electron chi connectivity index (χ3n) is 1.26. The van der Waals surface area contributed by atoms with Crippen molar-refractivity contribution in [1.29, 1.82) is 0 Å². The van der Waals surface area contributed by atoms with E-state index in [0.29, 0.717) is 6.54 Å². The summed E-state index contributed by atoms with van der Waals surface area (Å²) in [7, 11) is 0. The molecule has 0 aliphatic rings. The molecule has 0 aromatic carbocycles. The molecule has 3 N–H and O–H groups in total. The van der Waals surface area contributed by atoms with E-state index in [-0.39, 0.29) is 5.41 Å². The van der Waals surface area contributed by atoms with E-state index >= 15 is 0 Å². The Labute approximate surface area is 66.9 Å². The Hall–Kier alpha value is -0.770. The molecule has 0 bridgehead atoms. The number of carbonyl (C=O) groups is 1. The number of nitrogens with one attached hydrogen (secondary N) is 2. The van der Waals surface area contributed by atoms with Crippen LogP contribution in [-0.4, -0.2) is 17.8 Å². The molecular formula is C7H16N2O2. The van der Waals surface area contributed by atoms with Crippen LogP contribution in [-0.2, 0) is 0 Å². The second-order valence-electron chi connectivity index (χ2n) is 3.68. The van der Waals surface area contributed by atoms with Crippen LogP contribution in [0, 0.1) is 5.41 Å². The Morgan fingerprint density at radius 3 is 2.36 bits per heavy atom. The van der Waals surface area contributed by atoms with Gasteiger partial charge in [-0.2, -0.15) is 0 Å². The minimum Gasteiger partial charge on any atom is -0.336 e. The quantitative estimate of drug-likeness (QED) is 0.418. The summed E-state index contributed by atoms with van der Waals surface area (Å²) in [5.41, 5.74) is 1.71. The van der Waals surface area contributed by atoms with Gasteiger partial charge in [0, 0.05) is 6.54 Å². The Morgan fingerprint density at radius 1 is 1.45 bits per heavy atom. The summed E-state index contributed by atoms with van der Waals surface area (Å²) < 4.78 is 0. The molecule has 0 atom stereocenters. The van der Waals surface area contributed by atoms with Crippen molar-refractivity contribution in [2.24, 2.45) is 5.41 Å². The molecule has 0 aromatic rings. The van der Waals surface area contributed by atoms with Gasteiger partial charge in [-0.3, -0.25) is 5.21 Å². The van der Waals surface area contributed by atoms with Gasteiger partial charge in [-0.1, -0.05) is 20.8 Å². The minimum absolute atomic E-state index is 0.211. The van der Waals surface area contributed by atoms with Gasteiger partial charge in [0.2, 0.25) is 0 Å². The van der Waals surface area contributed by atoms with Gasteiger partial charge in [0.15, 0.2) is 0 Å². The predicted molar refractivity (Wildman–Crippen MR) is 42.4 cm³/mol. The summed E-state index contributed by atoms with van der Waals surface area (Å²) >= 11 is 0. The Balaban J connectivity index is 3.35. The molecule has 0 spiro atoms. The zero-order valence-corrected chi connectivity index (χ0v) is 7.27. The molecule has 0 aliphatic carbocycles. The Bertz CT molecular complexity index is 129. The van der Waals surface area contributed by atoms with Gasteiger partial charge in [-0.25, -0.2) is 10.3 Å². The topological polar surface area (TPSA) is 61.4 Å². The van der Waals surface area contributed by atoms with E-state index in [0.717, 1.165) is 6.42 Å². The van der Waals surface area contributed by atoms with Crippen molar-refractivity contribution in [3.63, 3.8) is 0 Å². The van der Waals surface area contributed by atoms with E-state index in [1.165, 1.54) is 5.48 Å². The fraction of sp³-hybridized carbons (Fsp3) is 0.857. The molecule has 4 heteroatoms. The lowest BCUT2D eigenvalue weighted by Crippen LogP contribution is -2.34. The number of urea groups is 1. The summed E-state index contributed by atoms with van der Waals surface area (Å²) in [6.07, 6.45) is 0.889. The van der Waals surface area contributed by atoms with Crippen LogP contribution in [0.15, 0.2) is 0 Å². The van der Waals surface area contributed by atoms with Crippen LogP contribution in [0.5, 0.6) is 0 Å². The van der Waals surface area contributed by atoms with Crippen molar-refractivity contribution in [3.8, 4) is 0 Å². The monoisotopic (exact) mass is 160 g/mol. The highest BCUT2D eigenvalue weighted by atomic mass is 16.5. The molecule has 0 fully saturated rings. The zero-order valence-electron chi connectivity index (χ0n) is 7.27. The van der Waals surface area contributed by atoms with Crippen LogP contribution in [0.25, 0.3) is 0 Å². The van der Waals surface area contributed by atoms with E-state index < -0.39 is 6.03 Å². The van der Waals surface area contributed by atoms with E-state index in [2.05, 4.69) is 26.1 Å². The normalized spacial score (nSPS) is 10.9. The van der Waals surface area contributed by atoms with Crippen molar-refractivity contribution in [2.75, 3.05) is 6.54 Å². The van der Waals surface area contributed by atoms with Crippen LogP contribution in [0.4, 0.5) is 4.79 Å². The van der Waals surface area contributed by atoms with Crippen LogP contribution in [0.3, 0.4) is 0 Å². The van der Waals surface area contributed by atoms with E-state index in [1.807, 2.05) is 0 Å². The van der Waals surface area contributed by atoms with Gasteiger partial charge in [-0.05, 0) is 11.8 Å². The lowest BCUT2D eigenvalue weighted by atomic mass is 9.92. The minimum atomic E-state index is -0.547. The molecule has 2 amide bonds. The van der Waals surface area contributed by atoms with Crippen LogP contribution >= 0.6 is 0 Å². The van der Waals surface area contributed by atoms with Gasteiger partial charge < -0.3 is 5.32 Å². The van der Waals surface area contributed by atoms with Gasteiger partial charge in [-0.15, -0.1) is 0 Å². The van der Waals surface area contributed by atoms with Crippen molar-refractivity contribution in [1.82, 2.24) is 10.8 Å². The fourth-order valence-corrected chi connectivity index (χ4v) is 0.591. The molecule has 0 radical (unpaired) electrons. The van der Waals surface area contributed by atoms with Crippen molar-refractivity contribution in [2.45, 2.75) is 27.2 Å². The summed E-state index contributed by atoms with van der Waals surface area (Å²) in [5, 5.41) is 10.6. The molecular weight excluding hydrogens is 144 g/mol. The highest BCUT2D eigenvalue weighted by Crippen LogP contribution is 2.16. The van der Waals surface area contributed by atoms with E-state index in [1.54, 1.807) is 0 Å². The third-order valence-corrected chi connectivity index (χ3v) is 1.26. The van der Waals surface area contributed by atoms with E-state index in [4.69, 9.17) is 5.21 Å². The zero-order chi connectivity index (χ0) is 8.91. The van der Waals surface area contributed by atoms with Crippen LogP contribution < -0.4 is 10.8 Å². The van der Waals surface area contributed by atoms with Crippen molar-refractivity contribution < 1.29 is 10.0 Å². The largest absolute Gasteiger partial charge is 0.338 e. The summed E-state index contributed by atoms with van der Waals surface area (Å²) in [6.45, 7) is 6.85. The first-order valence-corrected chi connectivity index (χ1v) is 3.63. The molecule has 0 aromatic heterocycles. The highest BCUT2D eigenvalue weighted by molar-refractivity contribution is 5.72. The highest BCUT2D eigenvalue weighted by Gasteiger charge is 2.09. The van der Waals surface area contributed by atoms with Crippen molar-refractivity contribution >= 4 is 6.03 Å². The van der Waals surface area contributed by atoms with Crippen LogP contribution in [0.2, 0.25) is 0 Å². The maximum atomic E-state index is 10.4. The first-order valence-electron chi connectivity index (χ1n) is 3.63. The van der Waals surface area contributed by atoms with Gasteiger partial charge in [0.1, 0.15) is 0 Å². The SMILES string of the molecule is CC(C)(C)CCNC(=O)NO. The van der Waals surface area contributed by atoms with Crippen LogP contribution in [0.1, 0.15) is 27.2 Å². The fourth-order valence-electron chi connectivity index (χ4n) is 0.591. The second-order valence-corrected chi connectivity index (χ2v) is 3.68. The number of hydrogen-bond donors (Lipinski definition) is 3. The first kappa shape index (κ1) is 10.2. The molecule has 0 aliphatic heterocycles. The lowest BCUT2D eigenvalue weighted by Gasteiger charge is -2.17. The van der Waals surface area contributed by atoms with Gasteiger partial charge >= 0.3 is 6.03 Å².